The van der Waals surface area contributed by atoms with Gasteiger partial charge < -0.3 is 9.64 Å². The Balaban J connectivity index is 1.46. The lowest BCUT2D eigenvalue weighted by molar-refractivity contribution is 0.337. The van der Waals surface area contributed by atoms with Crippen molar-refractivity contribution in [1.29, 1.82) is 0 Å². The second-order valence-electron chi connectivity index (χ2n) is 7.18. The van der Waals surface area contributed by atoms with Crippen molar-refractivity contribution in [2.45, 2.75) is 11.8 Å². The van der Waals surface area contributed by atoms with E-state index < -0.39 is 10.0 Å². The maximum Gasteiger partial charge on any atom is 0.243 e. The Morgan fingerprint density at radius 1 is 0.767 bits per heavy atom. The molecule has 1 fully saturated rings. The van der Waals surface area contributed by atoms with E-state index in [2.05, 4.69) is 4.90 Å². The fraction of sp³-hybridized carbons (Fsp3) is 0.250. The van der Waals surface area contributed by atoms with Gasteiger partial charge in [0.25, 0.3) is 0 Å². The van der Waals surface area contributed by atoms with E-state index in [0.29, 0.717) is 37.7 Å². The summed E-state index contributed by atoms with van der Waals surface area (Å²) in [5.41, 5.74) is 3.10. The molecule has 5 nitrogen and oxygen atoms in total. The highest BCUT2D eigenvalue weighted by Crippen LogP contribution is 2.30. The minimum absolute atomic E-state index is 0.338. The Bertz CT molecular complexity index is 1070. The topological polar surface area (TPSA) is 49.9 Å². The van der Waals surface area contributed by atoms with E-state index in [-0.39, 0.29) is 0 Å². The molecule has 0 amide bonds. The molecule has 0 spiro atoms. The van der Waals surface area contributed by atoms with Gasteiger partial charge in [-0.2, -0.15) is 4.31 Å². The van der Waals surface area contributed by atoms with Crippen molar-refractivity contribution >= 4 is 15.7 Å². The number of piperazine rings is 1. The number of para-hydroxylation sites is 2. The maximum atomic E-state index is 13.1. The second kappa shape index (κ2) is 8.90. The summed E-state index contributed by atoms with van der Waals surface area (Å²) in [7, 11) is -3.51. The van der Waals surface area contributed by atoms with Crippen molar-refractivity contribution < 1.29 is 13.2 Å². The van der Waals surface area contributed by atoms with Gasteiger partial charge in [-0.1, -0.05) is 54.6 Å². The summed E-state index contributed by atoms with van der Waals surface area (Å²) < 4.78 is 33.6. The SMILES string of the molecule is CCOc1ccccc1N1CCN(S(=O)(=O)c2ccc(-c3ccccc3)cc2)CC1. The first-order valence-electron chi connectivity index (χ1n) is 10.2. The molecule has 3 aromatic carbocycles. The number of hydrogen-bond donors (Lipinski definition) is 0. The Morgan fingerprint density at radius 2 is 1.37 bits per heavy atom. The molecule has 1 aliphatic heterocycles. The molecule has 0 aromatic heterocycles. The normalized spacial score (nSPS) is 15.2. The Hall–Kier alpha value is -2.83. The van der Waals surface area contributed by atoms with Gasteiger partial charge in [0, 0.05) is 26.2 Å². The third kappa shape index (κ3) is 4.20. The lowest BCUT2D eigenvalue weighted by Gasteiger charge is -2.36. The van der Waals surface area contributed by atoms with Gasteiger partial charge in [-0.3, -0.25) is 0 Å². The summed E-state index contributed by atoms with van der Waals surface area (Å²) >= 11 is 0. The van der Waals surface area contributed by atoms with E-state index >= 15 is 0 Å². The Morgan fingerprint density at radius 3 is 2.03 bits per heavy atom. The summed E-state index contributed by atoms with van der Waals surface area (Å²) in [6.07, 6.45) is 0. The summed E-state index contributed by atoms with van der Waals surface area (Å²) in [5, 5.41) is 0. The van der Waals surface area contributed by atoms with Crippen LogP contribution in [0.15, 0.2) is 83.8 Å². The van der Waals surface area contributed by atoms with Crippen molar-refractivity contribution in [3.8, 4) is 16.9 Å². The first-order valence-corrected chi connectivity index (χ1v) is 11.7. The zero-order valence-electron chi connectivity index (χ0n) is 17.1. The molecule has 0 unspecified atom stereocenters. The van der Waals surface area contributed by atoms with Crippen molar-refractivity contribution in [3.05, 3.63) is 78.9 Å². The van der Waals surface area contributed by atoms with E-state index in [0.717, 1.165) is 22.6 Å². The Labute approximate surface area is 178 Å². The van der Waals surface area contributed by atoms with Gasteiger partial charge in [0.2, 0.25) is 10.0 Å². The van der Waals surface area contributed by atoms with E-state index in [1.54, 1.807) is 16.4 Å². The number of anilines is 1. The highest BCUT2D eigenvalue weighted by molar-refractivity contribution is 7.89. The van der Waals surface area contributed by atoms with Crippen molar-refractivity contribution in [3.63, 3.8) is 0 Å². The Kier molecular flexibility index (Phi) is 6.06. The maximum absolute atomic E-state index is 13.1. The van der Waals surface area contributed by atoms with E-state index in [9.17, 15) is 8.42 Å². The predicted molar refractivity (Wildman–Crippen MR) is 120 cm³/mol. The van der Waals surface area contributed by atoms with Crippen LogP contribution < -0.4 is 9.64 Å². The third-order valence-corrected chi connectivity index (χ3v) is 7.26. The van der Waals surface area contributed by atoms with Gasteiger partial charge in [-0.05, 0) is 42.3 Å². The summed E-state index contributed by atoms with van der Waals surface area (Å²) in [4.78, 5) is 2.53. The molecule has 0 aliphatic carbocycles. The molecule has 0 N–H and O–H groups in total. The molecule has 3 aromatic rings. The molecule has 0 atom stereocenters. The van der Waals surface area contributed by atoms with Gasteiger partial charge in [-0.25, -0.2) is 8.42 Å². The van der Waals surface area contributed by atoms with Crippen LogP contribution in [0, 0.1) is 0 Å². The molecule has 1 aliphatic rings. The zero-order chi connectivity index (χ0) is 21.0. The van der Waals surface area contributed by atoms with Crippen molar-refractivity contribution in [2.24, 2.45) is 0 Å². The first kappa shape index (κ1) is 20.4. The fourth-order valence-corrected chi connectivity index (χ4v) is 5.19. The highest BCUT2D eigenvalue weighted by atomic mass is 32.2. The standard InChI is InChI=1S/C24H26N2O3S/c1-2-29-24-11-7-6-10-23(24)25-16-18-26(19-17-25)30(27,28)22-14-12-21(13-15-22)20-8-4-3-5-9-20/h3-15H,2,16-19H2,1H3. The fourth-order valence-electron chi connectivity index (χ4n) is 3.76. The quantitative estimate of drug-likeness (QED) is 0.596. The van der Waals surface area contributed by atoms with E-state index in [1.165, 1.54) is 0 Å². The van der Waals surface area contributed by atoms with Crippen LogP contribution in [0.5, 0.6) is 5.75 Å². The van der Waals surface area contributed by atoms with Crippen LogP contribution in [0.25, 0.3) is 11.1 Å². The summed E-state index contributed by atoms with van der Waals surface area (Å²) in [6.45, 7) is 4.72. The largest absolute Gasteiger partial charge is 0.492 e. The van der Waals surface area contributed by atoms with Gasteiger partial charge in [-0.15, -0.1) is 0 Å². The molecule has 0 saturated carbocycles. The summed E-state index contributed by atoms with van der Waals surface area (Å²) in [5.74, 6) is 0.841. The number of sulfonamides is 1. The number of nitrogens with zero attached hydrogens (tertiary/aromatic N) is 2. The molecule has 0 bridgehead atoms. The second-order valence-corrected chi connectivity index (χ2v) is 9.12. The predicted octanol–water partition coefficient (Wildman–Crippen LogP) is 4.26. The average Bonchev–Trinajstić information content (AvgIpc) is 2.80. The molecule has 30 heavy (non-hydrogen) atoms. The van der Waals surface area contributed by atoms with Gasteiger partial charge in [0.1, 0.15) is 5.75 Å². The van der Waals surface area contributed by atoms with Crippen LogP contribution in [0.3, 0.4) is 0 Å². The smallest absolute Gasteiger partial charge is 0.243 e. The number of benzene rings is 3. The molecular formula is C24H26N2O3S. The zero-order valence-corrected chi connectivity index (χ0v) is 17.9. The molecule has 4 rings (SSSR count). The molecule has 1 heterocycles. The average molecular weight is 423 g/mol. The van der Waals surface area contributed by atoms with Crippen LogP contribution >= 0.6 is 0 Å². The van der Waals surface area contributed by atoms with Crippen LogP contribution in [0.2, 0.25) is 0 Å². The number of ether oxygens (including phenoxy) is 1. The molecule has 0 radical (unpaired) electrons. The van der Waals surface area contributed by atoms with Crippen molar-refractivity contribution in [1.82, 2.24) is 4.31 Å². The molecule has 6 heteroatoms. The van der Waals surface area contributed by atoms with Gasteiger partial charge in [0.05, 0.1) is 17.2 Å². The monoisotopic (exact) mass is 422 g/mol. The first-order chi connectivity index (χ1) is 14.6. The van der Waals surface area contributed by atoms with Crippen LogP contribution in [-0.4, -0.2) is 45.5 Å². The number of hydrogen-bond acceptors (Lipinski definition) is 4. The summed E-state index contributed by atoms with van der Waals surface area (Å²) in [6, 6.07) is 25.0. The minimum Gasteiger partial charge on any atom is -0.492 e. The van der Waals surface area contributed by atoms with E-state index in [1.807, 2.05) is 73.7 Å². The molecule has 156 valence electrons. The number of rotatable bonds is 6. The van der Waals surface area contributed by atoms with Crippen molar-refractivity contribution in [2.75, 3.05) is 37.7 Å². The third-order valence-electron chi connectivity index (χ3n) is 5.34. The van der Waals surface area contributed by atoms with Gasteiger partial charge in [0.15, 0.2) is 0 Å². The minimum atomic E-state index is -3.51. The van der Waals surface area contributed by atoms with Gasteiger partial charge >= 0.3 is 0 Å². The van der Waals surface area contributed by atoms with Crippen LogP contribution in [0.1, 0.15) is 6.92 Å². The highest BCUT2D eigenvalue weighted by Gasteiger charge is 2.29. The van der Waals surface area contributed by atoms with E-state index in [4.69, 9.17) is 4.74 Å². The van der Waals surface area contributed by atoms with Crippen LogP contribution in [-0.2, 0) is 10.0 Å². The molecular weight excluding hydrogens is 396 g/mol. The lowest BCUT2D eigenvalue weighted by atomic mass is 10.1. The molecule has 1 saturated heterocycles. The van der Waals surface area contributed by atoms with Crippen LogP contribution in [0.4, 0.5) is 5.69 Å². The lowest BCUT2D eigenvalue weighted by Crippen LogP contribution is -2.48.